The maximum Gasteiger partial charge on any atom is 0.164 e. The van der Waals surface area contributed by atoms with Gasteiger partial charge in [-0.3, -0.25) is 0 Å². The monoisotopic (exact) mass is 716 g/mol. The van der Waals surface area contributed by atoms with E-state index >= 15 is 0 Å². The molecule has 0 fully saturated rings. The Labute approximate surface area is 325 Å². The molecule has 2 heterocycles. The molecule has 262 valence electrons. The van der Waals surface area contributed by atoms with Crippen LogP contribution in [0.4, 0.5) is 0 Å². The first-order valence-electron chi connectivity index (χ1n) is 18.3. The van der Waals surface area contributed by atoms with Gasteiger partial charge in [-0.15, -0.1) is 0 Å². The van der Waals surface area contributed by atoms with Gasteiger partial charge in [0.2, 0.25) is 0 Å². The first-order valence-corrected chi connectivity index (χ1v) is 18.3. The number of hydrogen-bond acceptors (Lipinski definition) is 6. The van der Waals surface area contributed by atoms with Gasteiger partial charge in [0, 0.05) is 33.4 Å². The molecule has 0 unspecified atom stereocenters. The smallest absolute Gasteiger partial charge is 0.164 e. The molecule has 9 aromatic rings. The molecule has 9 rings (SSSR count). The van der Waals surface area contributed by atoms with Gasteiger partial charge < -0.3 is 0 Å². The normalized spacial score (nSPS) is 10.8. The summed E-state index contributed by atoms with van der Waals surface area (Å²) in [4.78, 5) is 25.1. The number of hydrogen-bond donors (Lipinski definition) is 0. The van der Waals surface area contributed by atoms with Crippen LogP contribution in [0, 0.1) is 11.3 Å². The fraction of sp³-hybridized carbons (Fsp3) is 0. The van der Waals surface area contributed by atoms with E-state index in [0.717, 1.165) is 67.0 Å². The molecule has 0 amide bonds. The van der Waals surface area contributed by atoms with Crippen LogP contribution < -0.4 is 0 Å². The molecule has 2 aromatic heterocycles. The van der Waals surface area contributed by atoms with Crippen molar-refractivity contribution in [3.05, 3.63) is 200 Å². The van der Waals surface area contributed by atoms with E-state index in [-0.39, 0.29) is 0 Å². The molecule has 7 aromatic carbocycles. The Bertz CT molecular complexity index is 2790. The van der Waals surface area contributed by atoms with E-state index in [9.17, 15) is 5.26 Å². The van der Waals surface area contributed by atoms with Crippen molar-refractivity contribution >= 4 is 0 Å². The van der Waals surface area contributed by atoms with Crippen molar-refractivity contribution in [1.82, 2.24) is 24.9 Å². The molecule has 6 nitrogen and oxygen atoms in total. The molecule has 0 bridgehead atoms. The topological polar surface area (TPSA) is 88.2 Å². The number of benzene rings is 7. The molecule has 0 aliphatic heterocycles. The fourth-order valence-corrected chi connectivity index (χ4v) is 6.77. The summed E-state index contributed by atoms with van der Waals surface area (Å²) in [6.45, 7) is 0. The second kappa shape index (κ2) is 15.2. The zero-order chi connectivity index (χ0) is 37.7. The number of nitrogens with zero attached hydrogens (tertiary/aromatic N) is 6. The van der Waals surface area contributed by atoms with E-state index in [1.165, 1.54) is 0 Å². The van der Waals surface area contributed by atoms with Crippen LogP contribution in [0.1, 0.15) is 5.56 Å². The van der Waals surface area contributed by atoms with Crippen LogP contribution in [-0.4, -0.2) is 24.9 Å². The Morgan fingerprint density at radius 1 is 0.286 bits per heavy atom. The SMILES string of the molecule is N#Cc1cccc(-c2cccc(-c3nc(-c4ccccc4)nc(-c4ccccc4-c4ccc(-c5cc(-c6ccccc6)nc(-c6ccccc6)n5)cc4)n3)c2)c1. The Hall–Kier alpha value is -7.88. The Morgan fingerprint density at radius 2 is 0.714 bits per heavy atom. The Balaban J connectivity index is 1.12. The lowest BCUT2D eigenvalue weighted by Gasteiger charge is -2.13. The van der Waals surface area contributed by atoms with E-state index in [1.807, 2.05) is 133 Å². The highest BCUT2D eigenvalue weighted by Crippen LogP contribution is 2.35. The van der Waals surface area contributed by atoms with E-state index in [4.69, 9.17) is 24.9 Å². The van der Waals surface area contributed by atoms with Crippen LogP contribution >= 0.6 is 0 Å². The minimum atomic E-state index is 0.560. The molecule has 0 saturated carbocycles. The van der Waals surface area contributed by atoms with Crippen molar-refractivity contribution < 1.29 is 0 Å². The predicted molar refractivity (Wildman–Crippen MR) is 224 cm³/mol. The van der Waals surface area contributed by atoms with Gasteiger partial charge in [-0.05, 0) is 46.5 Å². The zero-order valence-corrected chi connectivity index (χ0v) is 30.2. The first kappa shape index (κ1) is 33.9. The molecule has 0 spiro atoms. The average molecular weight is 717 g/mol. The summed E-state index contributed by atoms with van der Waals surface area (Å²) in [5.74, 6) is 2.39. The predicted octanol–water partition coefficient (Wildman–Crippen LogP) is 11.9. The Kier molecular flexibility index (Phi) is 9.23. The van der Waals surface area contributed by atoms with Gasteiger partial charge in [0.1, 0.15) is 0 Å². The van der Waals surface area contributed by atoms with Crippen LogP contribution in [0.25, 0.3) is 90.3 Å². The minimum absolute atomic E-state index is 0.560. The first-order chi connectivity index (χ1) is 27.7. The lowest BCUT2D eigenvalue weighted by atomic mass is 9.97. The molecular weight excluding hydrogens is 685 g/mol. The quantitative estimate of drug-likeness (QED) is 0.156. The number of aromatic nitrogens is 5. The number of nitriles is 1. The van der Waals surface area contributed by atoms with Crippen LogP contribution in [0.2, 0.25) is 0 Å². The minimum Gasteiger partial charge on any atom is -0.228 e. The van der Waals surface area contributed by atoms with E-state index < -0.39 is 0 Å². The molecule has 0 aliphatic rings. The van der Waals surface area contributed by atoms with Crippen molar-refractivity contribution in [1.29, 1.82) is 5.26 Å². The Morgan fingerprint density at radius 3 is 1.34 bits per heavy atom. The maximum atomic E-state index is 9.51. The van der Waals surface area contributed by atoms with E-state index in [0.29, 0.717) is 28.9 Å². The summed E-state index contributed by atoms with van der Waals surface area (Å²) in [7, 11) is 0. The second-order valence-electron chi connectivity index (χ2n) is 13.3. The highest BCUT2D eigenvalue weighted by Gasteiger charge is 2.17. The summed E-state index contributed by atoms with van der Waals surface area (Å²) in [6.07, 6.45) is 0. The maximum absolute atomic E-state index is 9.51. The average Bonchev–Trinajstić information content (AvgIpc) is 3.29. The van der Waals surface area contributed by atoms with Crippen molar-refractivity contribution in [2.24, 2.45) is 0 Å². The van der Waals surface area contributed by atoms with Gasteiger partial charge in [0.25, 0.3) is 0 Å². The second-order valence-corrected chi connectivity index (χ2v) is 13.3. The number of rotatable bonds is 8. The highest BCUT2D eigenvalue weighted by atomic mass is 15.0. The van der Waals surface area contributed by atoms with Crippen LogP contribution in [0.5, 0.6) is 0 Å². The summed E-state index contributed by atoms with van der Waals surface area (Å²) in [5, 5.41) is 9.51. The van der Waals surface area contributed by atoms with Crippen LogP contribution in [0.3, 0.4) is 0 Å². The van der Waals surface area contributed by atoms with Gasteiger partial charge >= 0.3 is 0 Å². The molecule has 0 atom stereocenters. The van der Waals surface area contributed by atoms with E-state index in [1.54, 1.807) is 0 Å². The van der Waals surface area contributed by atoms with Gasteiger partial charge in [0.05, 0.1) is 23.0 Å². The van der Waals surface area contributed by atoms with Gasteiger partial charge in [-0.1, -0.05) is 170 Å². The van der Waals surface area contributed by atoms with Crippen LogP contribution in [0.15, 0.2) is 194 Å². The molecule has 0 aliphatic carbocycles. The van der Waals surface area contributed by atoms with E-state index in [2.05, 4.69) is 66.7 Å². The zero-order valence-electron chi connectivity index (χ0n) is 30.2. The third kappa shape index (κ3) is 7.08. The molecule has 0 saturated heterocycles. The third-order valence-corrected chi connectivity index (χ3v) is 9.60. The third-order valence-electron chi connectivity index (χ3n) is 9.60. The van der Waals surface area contributed by atoms with Gasteiger partial charge in [-0.25, -0.2) is 24.9 Å². The molecular formula is C50H32N6. The van der Waals surface area contributed by atoms with Crippen molar-refractivity contribution in [2.75, 3.05) is 0 Å². The molecule has 56 heavy (non-hydrogen) atoms. The van der Waals surface area contributed by atoms with Crippen molar-refractivity contribution in [3.8, 4) is 96.4 Å². The largest absolute Gasteiger partial charge is 0.228 e. The lowest BCUT2D eigenvalue weighted by Crippen LogP contribution is -2.01. The van der Waals surface area contributed by atoms with Gasteiger partial charge in [-0.2, -0.15) is 5.26 Å². The molecule has 6 heteroatoms. The lowest BCUT2D eigenvalue weighted by molar-refractivity contribution is 1.07. The fourth-order valence-electron chi connectivity index (χ4n) is 6.77. The molecule has 0 N–H and O–H groups in total. The highest BCUT2D eigenvalue weighted by molar-refractivity contribution is 5.83. The standard InChI is InChI=1S/C50H32N6/c51-33-34-14-12-21-40(30-34)41-22-13-23-42(31-41)49-54-48(39-19-8-3-9-20-39)55-50(56-49)44-25-11-10-24-43(44)35-26-28-37(29-27-35)46-32-45(36-15-4-1-5-16-36)52-47(53-46)38-17-6-2-7-18-38/h1-32H. The van der Waals surface area contributed by atoms with Crippen molar-refractivity contribution in [2.45, 2.75) is 0 Å². The summed E-state index contributed by atoms with van der Waals surface area (Å²) < 4.78 is 0. The summed E-state index contributed by atoms with van der Waals surface area (Å²) >= 11 is 0. The summed E-state index contributed by atoms with van der Waals surface area (Å²) in [5.41, 5.74) is 11.9. The van der Waals surface area contributed by atoms with Crippen molar-refractivity contribution in [3.63, 3.8) is 0 Å². The summed E-state index contributed by atoms with van der Waals surface area (Å²) in [6, 6.07) is 66.9. The van der Waals surface area contributed by atoms with Gasteiger partial charge in [0.15, 0.2) is 23.3 Å². The molecule has 0 radical (unpaired) electrons. The van der Waals surface area contributed by atoms with Crippen LogP contribution in [-0.2, 0) is 0 Å².